The predicted molar refractivity (Wildman–Crippen MR) is 174 cm³/mol. The third-order valence-corrected chi connectivity index (χ3v) is 14.1. The summed E-state index contributed by atoms with van der Waals surface area (Å²) < 4.78 is 6.88. The molecule has 6 aromatic rings. The number of ether oxygens (including phenoxy) is 1. The van der Waals surface area contributed by atoms with Crippen LogP contribution in [0.15, 0.2) is 140 Å². The van der Waals surface area contributed by atoms with Gasteiger partial charge in [0.25, 0.3) is 6.71 Å². The Hall–Kier alpha value is -4.80. The Balaban J connectivity index is 1.49. The summed E-state index contributed by atoms with van der Waals surface area (Å²) in [5, 5.41) is 5.71. The molecule has 0 fully saturated rings. The molecule has 192 valence electrons. The van der Waals surface area contributed by atoms with Crippen molar-refractivity contribution in [3.63, 3.8) is 0 Å². The van der Waals surface area contributed by atoms with Crippen LogP contribution in [0.1, 0.15) is 5.56 Å². The Morgan fingerprint density at radius 2 is 1.15 bits per heavy atom. The number of anilines is 3. The molecule has 0 amide bonds. The molecule has 0 atom stereocenters. The van der Waals surface area contributed by atoms with Gasteiger partial charge in [0.05, 0.1) is 0 Å². The molecule has 4 heteroatoms. The molecule has 2 nitrogen and oxygen atoms in total. The van der Waals surface area contributed by atoms with Crippen LogP contribution in [0.2, 0.25) is 0 Å². The number of aryl methyl sites for hydroxylation is 1. The average Bonchev–Trinajstić information content (AvgIpc) is 3.02. The van der Waals surface area contributed by atoms with E-state index in [4.69, 9.17) is 4.74 Å². The molecule has 3 aliphatic heterocycles. The van der Waals surface area contributed by atoms with Gasteiger partial charge in [0.1, 0.15) is 11.5 Å². The van der Waals surface area contributed by atoms with Gasteiger partial charge in [-0.25, -0.2) is 0 Å². The number of rotatable bonds is 3. The second-order valence-electron chi connectivity index (χ2n) is 11.3. The normalized spacial score (nSPS) is 14.8. The molecule has 0 radical (unpaired) electrons. The summed E-state index contributed by atoms with van der Waals surface area (Å²) in [6, 6.07) is 51.7. The van der Waals surface area contributed by atoms with Crippen LogP contribution in [0.5, 0.6) is 11.5 Å². The maximum absolute atomic E-state index is 6.88. The Bertz CT molecular complexity index is 1950. The van der Waals surface area contributed by atoms with Crippen LogP contribution in [-0.4, -0.2) is 14.8 Å². The monoisotopic (exact) mass is 539 g/mol. The Morgan fingerprint density at radius 3 is 1.83 bits per heavy atom. The summed E-state index contributed by atoms with van der Waals surface area (Å²) in [7, 11) is -2.70. The van der Waals surface area contributed by atoms with Crippen LogP contribution in [0.3, 0.4) is 0 Å². The molecular formula is C37H26BNOSi. The van der Waals surface area contributed by atoms with Crippen molar-refractivity contribution in [3.05, 3.63) is 145 Å². The van der Waals surface area contributed by atoms with Crippen LogP contribution in [-0.2, 0) is 0 Å². The van der Waals surface area contributed by atoms with Crippen molar-refractivity contribution in [1.29, 1.82) is 0 Å². The van der Waals surface area contributed by atoms with Crippen LogP contribution in [0, 0.1) is 6.92 Å². The van der Waals surface area contributed by atoms with Gasteiger partial charge in [-0.3, -0.25) is 0 Å². The van der Waals surface area contributed by atoms with Crippen molar-refractivity contribution in [1.82, 2.24) is 0 Å². The molecule has 3 aliphatic rings. The summed E-state index contributed by atoms with van der Waals surface area (Å²) in [6.45, 7) is 2.30. The fourth-order valence-electron chi connectivity index (χ4n) is 7.79. The number of hydrogen-bond acceptors (Lipinski definition) is 2. The van der Waals surface area contributed by atoms with E-state index in [1.807, 2.05) is 0 Å². The van der Waals surface area contributed by atoms with Crippen molar-refractivity contribution >= 4 is 69.0 Å². The van der Waals surface area contributed by atoms with E-state index in [1.54, 1.807) is 0 Å². The van der Waals surface area contributed by atoms with Crippen molar-refractivity contribution < 1.29 is 4.74 Å². The molecule has 0 aliphatic carbocycles. The van der Waals surface area contributed by atoms with Gasteiger partial charge in [0, 0.05) is 17.1 Å². The molecule has 0 aromatic heterocycles. The lowest BCUT2D eigenvalue weighted by Crippen LogP contribution is -2.87. The summed E-state index contributed by atoms with van der Waals surface area (Å²) in [5.74, 6) is 1.97. The highest BCUT2D eigenvalue weighted by Crippen LogP contribution is 2.41. The van der Waals surface area contributed by atoms with Gasteiger partial charge >= 0.3 is 0 Å². The molecule has 0 bridgehead atoms. The Kier molecular flexibility index (Phi) is 4.68. The van der Waals surface area contributed by atoms with Gasteiger partial charge in [-0.1, -0.05) is 103 Å². The van der Waals surface area contributed by atoms with E-state index in [-0.39, 0.29) is 6.71 Å². The van der Waals surface area contributed by atoms with Crippen LogP contribution in [0.4, 0.5) is 17.1 Å². The molecule has 0 saturated carbocycles. The van der Waals surface area contributed by atoms with E-state index in [0.717, 1.165) is 11.5 Å². The number of para-hydroxylation sites is 1. The molecule has 9 rings (SSSR count). The van der Waals surface area contributed by atoms with Crippen molar-refractivity contribution in [2.75, 3.05) is 4.90 Å². The zero-order valence-electron chi connectivity index (χ0n) is 22.7. The van der Waals surface area contributed by atoms with E-state index >= 15 is 0 Å². The van der Waals surface area contributed by atoms with Crippen molar-refractivity contribution in [2.24, 2.45) is 0 Å². The van der Waals surface area contributed by atoms with Crippen molar-refractivity contribution in [2.45, 2.75) is 6.92 Å². The average molecular weight is 540 g/mol. The number of nitrogens with zero attached hydrogens (tertiary/aromatic N) is 1. The lowest BCUT2D eigenvalue weighted by molar-refractivity contribution is 0.487. The number of benzene rings is 6. The fourth-order valence-corrected chi connectivity index (χ4v) is 13.1. The zero-order valence-corrected chi connectivity index (χ0v) is 23.7. The topological polar surface area (TPSA) is 12.5 Å². The van der Waals surface area contributed by atoms with E-state index in [2.05, 4.69) is 151 Å². The molecule has 6 aromatic carbocycles. The highest BCUT2D eigenvalue weighted by Gasteiger charge is 2.55. The van der Waals surface area contributed by atoms with Gasteiger partial charge in [-0.15, -0.1) is 0 Å². The standard InChI is InChI=1S/C37H26BNOSi/c1-25-23-30-35-32(24-25)40-31-20-12-22-34-37(31)38(35)36-29(39(30)26-13-5-2-6-14-26)19-11-21-33(36)41(34,27-15-7-3-8-16-27)28-17-9-4-10-18-28/h2-24H,1H3. The minimum atomic E-state index is -2.70. The fraction of sp³-hybridized carbons (Fsp3) is 0.0270. The van der Waals surface area contributed by atoms with Gasteiger partial charge < -0.3 is 9.64 Å². The van der Waals surface area contributed by atoms with Gasteiger partial charge in [-0.2, -0.15) is 0 Å². The first kappa shape index (κ1) is 23.0. The smallest absolute Gasteiger partial charge is 0.256 e. The first-order chi connectivity index (χ1) is 20.3. The van der Waals surface area contributed by atoms with E-state index in [9.17, 15) is 0 Å². The first-order valence-corrected chi connectivity index (χ1v) is 16.3. The number of hydrogen-bond donors (Lipinski definition) is 0. The minimum absolute atomic E-state index is 0.125. The lowest BCUT2D eigenvalue weighted by atomic mass is 9.34. The largest absolute Gasteiger partial charge is 0.458 e. The van der Waals surface area contributed by atoms with E-state index in [0.29, 0.717) is 0 Å². The van der Waals surface area contributed by atoms with Crippen molar-refractivity contribution in [3.8, 4) is 11.5 Å². The van der Waals surface area contributed by atoms with Crippen LogP contribution < -0.4 is 46.8 Å². The highest BCUT2D eigenvalue weighted by molar-refractivity contribution is 7.27. The maximum atomic E-state index is 6.88. The van der Waals surface area contributed by atoms with Gasteiger partial charge in [0.15, 0.2) is 8.07 Å². The lowest BCUT2D eigenvalue weighted by Gasteiger charge is -2.49. The van der Waals surface area contributed by atoms with E-state index in [1.165, 1.54) is 59.8 Å². The Labute approximate surface area is 241 Å². The third-order valence-electron chi connectivity index (χ3n) is 9.22. The third kappa shape index (κ3) is 2.92. The van der Waals surface area contributed by atoms with Crippen LogP contribution >= 0.6 is 0 Å². The molecule has 0 N–H and O–H groups in total. The molecule has 0 unspecified atom stereocenters. The predicted octanol–water partition coefficient (Wildman–Crippen LogP) is 4.09. The van der Waals surface area contributed by atoms with Gasteiger partial charge in [0.2, 0.25) is 0 Å². The van der Waals surface area contributed by atoms with Gasteiger partial charge in [-0.05, 0) is 86.0 Å². The molecule has 3 heterocycles. The highest BCUT2D eigenvalue weighted by atomic mass is 28.3. The zero-order chi connectivity index (χ0) is 27.1. The molecular weight excluding hydrogens is 513 g/mol. The molecule has 41 heavy (non-hydrogen) atoms. The molecule has 0 saturated heterocycles. The quantitative estimate of drug-likeness (QED) is 0.314. The second-order valence-corrected chi connectivity index (χ2v) is 15.1. The second kappa shape index (κ2) is 8.36. The van der Waals surface area contributed by atoms with Crippen LogP contribution in [0.25, 0.3) is 0 Å². The summed E-state index contributed by atoms with van der Waals surface area (Å²) in [5.41, 5.74) is 8.91. The maximum Gasteiger partial charge on any atom is 0.256 e. The Morgan fingerprint density at radius 1 is 0.537 bits per heavy atom. The minimum Gasteiger partial charge on any atom is -0.458 e. The summed E-state index contributed by atoms with van der Waals surface area (Å²) in [4.78, 5) is 2.47. The first-order valence-electron chi connectivity index (χ1n) is 14.3. The SMILES string of the molecule is Cc1cc2c3c(c1)N(c1ccccc1)c1cccc4c1B3c1c(cccc1[Si]4(c1ccccc1)c1ccccc1)O2. The summed E-state index contributed by atoms with van der Waals surface area (Å²) >= 11 is 0. The van der Waals surface area contributed by atoms with E-state index < -0.39 is 8.07 Å². The summed E-state index contributed by atoms with van der Waals surface area (Å²) in [6.07, 6.45) is 0. The molecule has 0 spiro atoms.